The van der Waals surface area contributed by atoms with Crippen LogP contribution in [0.4, 0.5) is 37.7 Å². The average molecular weight is 504 g/mol. The summed E-state index contributed by atoms with van der Waals surface area (Å²) in [4.78, 5) is 22.3. The second-order valence-electron chi connectivity index (χ2n) is 8.06. The maximum Gasteiger partial charge on any atom is 0.416 e. The molecule has 3 N–H and O–H groups in total. The molecule has 0 bridgehead atoms. The summed E-state index contributed by atoms with van der Waals surface area (Å²) in [7, 11) is 0. The van der Waals surface area contributed by atoms with Crippen LogP contribution in [-0.4, -0.2) is 28.9 Å². The van der Waals surface area contributed by atoms with Crippen LogP contribution in [0.1, 0.15) is 61.0 Å². The first-order chi connectivity index (χ1) is 16.2. The molecule has 11 heteroatoms. The predicted molar refractivity (Wildman–Crippen MR) is 119 cm³/mol. The monoisotopic (exact) mass is 504 g/mol. The summed E-state index contributed by atoms with van der Waals surface area (Å²) in [5.41, 5.74) is -0.373. The highest BCUT2D eigenvalue weighted by Gasteiger charge is 2.33. The maximum absolute atomic E-state index is 12.5. The van der Waals surface area contributed by atoms with E-state index in [1.165, 1.54) is 18.2 Å². The molecule has 3 rings (SSSR count). The lowest BCUT2D eigenvalue weighted by molar-refractivity contribution is -0.138. The second-order valence-corrected chi connectivity index (χ2v) is 8.06. The summed E-state index contributed by atoms with van der Waals surface area (Å²) in [6.07, 6.45) is -7.23. The number of benzene rings is 2. The van der Waals surface area contributed by atoms with Gasteiger partial charge in [0.2, 0.25) is 0 Å². The van der Waals surface area contributed by atoms with Gasteiger partial charge in [-0.25, -0.2) is 0 Å². The first kappa shape index (κ1) is 28.0. The third-order valence-electron chi connectivity index (χ3n) is 5.43. The number of Topliss-reactive ketones (excluding diaryl/α,β-unsaturated/α-hetero) is 1. The molecule has 0 saturated carbocycles. The van der Waals surface area contributed by atoms with E-state index < -0.39 is 29.4 Å². The van der Waals surface area contributed by atoms with Crippen molar-refractivity contribution in [2.75, 3.05) is 10.6 Å². The number of fused-ring (bicyclic) bond motifs is 1. The molecule has 2 aromatic rings. The van der Waals surface area contributed by atoms with Crippen molar-refractivity contribution in [3.05, 3.63) is 59.2 Å². The van der Waals surface area contributed by atoms with Crippen LogP contribution in [-0.2, 0) is 17.1 Å². The van der Waals surface area contributed by atoms with Crippen molar-refractivity contribution in [1.29, 1.82) is 0 Å². The smallest absolute Gasteiger partial charge is 0.416 e. The van der Waals surface area contributed by atoms with Crippen molar-refractivity contribution in [3.8, 4) is 0 Å². The van der Waals surface area contributed by atoms with E-state index in [0.717, 1.165) is 30.7 Å². The van der Waals surface area contributed by atoms with Gasteiger partial charge in [0.25, 0.3) is 0 Å². The number of carboxylic acid groups (broad SMARTS) is 1. The number of carbonyl (C=O) groups excluding carboxylic acids is 1. The normalized spacial score (nSPS) is 16.3. The molecular formula is C24H26F6N2O3. The van der Waals surface area contributed by atoms with Crippen LogP contribution in [0.15, 0.2) is 42.5 Å². The van der Waals surface area contributed by atoms with Gasteiger partial charge in [0.15, 0.2) is 5.78 Å². The number of carboxylic acids is 1. The Morgan fingerprint density at radius 1 is 1.03 bits per heavy atom. The van der Waals surface area contributed by atoms with Gasteiger partial charge < -0.3 is 15.7 Å². The van der Waals surface area contributed by atoms with Crippen molar-refractivity contribution in [1.82, 2.24) is 0 Å². The van der Waals surface area contributed by atoms with Crippen LogP contribution in [0.2, 0.25) is 0 Å². The SMILES string of the molecule is CC[C@@H]1CC(=O)c2cc(C(F)(F)F)ccc2N1.CC[C@H](CC(=O)O)Nc1ccc(C(F)(F)F)cc1. The molecular weight excluding hydrogens is 478 g/mol. The number of rotatable bonds is 6. The average Bonchev–Trinajstić information content (AvgIpc) is 2.77. The van der Waals surface area contributed by atoms with E-state index in [9.17, 15) is 35.9 Å². The quantitative estimate of drug-likeness (QED) is 0.375. The van der Waals surface area contributed by atoms with Crippen LogP contribution in [0.3, 0.4) is 0 Å². The summed E-state index contributed by atoms with van der Waals surface area (Å²) >= 11 is 0. The standard InChI is InChI=1S/C12H14F3NO2.C12H12F3NO/c1-2-9(7-11(17)18)16-10-5-3-8(4-6-10)12(13,14)15;1-2-8-6-11(17)9-5-7(12(13,14)15)3-4-10(9)16-8/h3-6,9,16H,2,7H2,1H3,(H,17,18);3-5,8,16H,2,6H2,1H3/t9-;8-/m11/s1. The minimum atomic E-state index is -4.41. The number of anilines is 2. The molecule has 1 aliphatic heterocycles. The van der Waals surface area contributed by atoms with Gasteiger partial charge in [-0.1, -0.05) is 13.8 Å². The van der Waals surface area contributed by atoms with Crippen molar-refractivity contribution >= 4 is 23.1 Å². The molecule has 0 aliphatic carbocycles. The van der Waals surface area contributed by atoms with E-state index in [1.54, 1.807) is 0 Å². The second kappa shape index (κ2) is 11.5. The molecule has 0 unspecified atom stereocenters. The molecule has 2 atom stereocenters. The van der Waals surface area contributed by atoms with Gasteiger partial charge in [0.1, 0.15) is 0 Å². The fraction of sp³-hybridized carbons (Fsp3) is 0.417. The van der Waals surface area contributed by atoms with Crippen LogP contribution in [0.5, 0.6) is 0 Å². The number of alkyl halides is 6. The topological polar surface area (TPSA) is 78.4 Å². The molecule has 0 amide bonds. The number of carbonyl (C=O) groups is 2. The molecule has 0 aromatic heterocycles. The van der Waals surface area contributed by atoms with Crippen molar-refractivity contribution < 1.29 is 41.0 Å². The van der Waals surface area contributed by atoms with Gasteiger partial charge in [-0.2, -0.15) is 26.3 Å². The Kier molecular flexibility index (Phi) is 9.17. The van der Waals surface area contributed by atoms with Gasteiger partial charge in [-0.3, -0.25) is 9.59 Å². The van der Waals surface area contributed by atoms with Gasteiger partial charge in [-0.15, -0.1) is 0 Å². The molecule has 35 heavy (non-hydrogen) atoms. The summed E-state index contributed by atoms with van der Waals surface area (Å²) in [5.74, 6) is -1.17. The zero-order chi connectivity index (χ0) is 26.4. The van der Waals surface area contributed by atoms with E-state index in [1.807, 2.05) is 13.8 Å². The number of hydrogen-bond donors (Lipinski definition) is 3. The summed E-state index contributed by atoms with van der Waals surface area (Å²) in [5, 5.41) is 14.6. The fourth-order valence-corrected chi connectivity index (χ4v) is 3.43. The number of aliphatic carboxylic acids is 1. The van der Waals surface area contributed by atoms with Crippen LogP contribution in [0.25, 0.3) is 0 Å². The lowest BCUT2D eigenvalue weighted by Crippen LogP contribution is -2.29. The van der Waals surface area contributed by atoms with E-state index in [-0.39, 0.29) is 36.3 Å². The molecule has 0 saturated heterocycles. The highest BCUT2D eigenvalue weighted by atomic mass is 19.4. The van der Waals surface area contributed by atoms with Crippen LogP contribution < -0.4 is 10.6 Å². The zero-order valence-corrected chi connectivity index (χ0v) is 19.1. The largest absolute Gasteiger partial charge is 0.481 e. The molecule has 2 aromatic carbocycles. The van der Waals surface area contributed by atoms with Gasteiger partial charge in [0.05, 0.1) is 17.5 Å². The molecule has 1 aliphatic rings. The van der Waals surface area contributed by atoms with Crippen molar-refractivity contribution in [3.63, 3.8) is 0 Å². The van der Waals surface area contributed by atoms with Gasteiger partial charge in [-0.05, 0) is 55.3 Å². The lowest BCUT2D eigenvalue weighted by Gasteiger charge is -2.25. The van der Waals surface area contributed by atoms with E-state index in [4.69, 9.17) is 5.11 Å². The first-order valence-electron chi connectivity index (χ1n) is 10.9. The molecule has 192 valence electrons. The Labute approximate surface area is 198 Å². The van der Waals surface area contributed by atoms with Crippen molar-refractivity contribution in [2.24, 2.45) is 0 Å². The Bertz CT molecular complexity index is 1020. The molecule has 0 fully saturated rings. The zero-order valence-electron chi connectivity index (χ0n) is 19.1. The summed E-state index contributed by atoms with van der Waals surface area (Å²) in [6, 6.07) is 7.52. The van der Waals surface area contributed by atoms with E-state index >= 15 is 0 Å². The highest BCUT2D eigenvalue weighted by Crippen LogP contribution is 2.34. The number of halogens is 6. The number of ketones is 1. The van der Waals surface area contributed by atoms with E-state index in [2.05, 4.69) is 10.6 Å². The Morgan fingerprint density at radius 3 is 2.09 bits per heavy atom. The number of nitrogens with one attached hydrogen (secondary N) is 2. The third-order valence-corrected chi connectivity index (χ3v) is 5.43. The minimum absolute atomic E-state index is 0.0201. The van der Waals surface area contributed by atoms with Crippen molar-refractivity contribution in [2.45, 2.75) is 64.0 Å². The third kappa shape index (κ3) is 8.18. The molecule has 1 heterocycles. The molecule has 0 radical (unpaired) electrons. The number of hydrogen-bond acceptors (Lipinski definition) is 4. The Hall–Kier alpha value is -3.24. The lowest BCUT2D eigenvalue weighted by atomic mass is 9.94. The highest BCUT2D eigenvalue weighted by molar-refractivity contribution is 6.03. The summed E-state index contributed by atoms with van der Waals surface area (Å²) in [6.45, 7) is 3.74. The van der Waals surface area contributed by atoms with Crippen LogP contribution >= 0.6 is 0 Å². The van der Waals surface area contributed by atoms with Gasteiger partial charge in [0, 0.05) is 35.4 Å². The first-order valence-corrected chi connectivity index (χ1v) is 10.9. The Morgan fingerprint density at radius 2 is 1.60 bits per heavy atom. The van der Waals surface area contributed by atoms with Crippen LogP contribution in [0, 0.1) is 0 Å². The van der Waals surface area contributed by atoms with E-state index in [0.29, 0.717) is 17.8 Å². The fourth-order valence-electron chi connectivity index (χ4n) is 3.43. The maximum atomic E-state index is 12.5. The molecule has 5 nitrogen and oxygen atoms in total. The Balaban J connectivity index is 0.000000247. The minimum Gasteiger partial charge on any atom is -0.481 e. The van der Waals surface area contributed by atoms with Gasteiger partial charge >= 0.3 is 18.3 Å². The summed E-state index contributed by atoms with van der Waals surface area (Å²) < 4.78 is 74.5. The molecule has 0 spiro atoms. The predicted octanol–water partition coefficient (Wildman–Crippen LogP) is 6.85.